The molecule has 1 aliphatic heterocycles. The number of halogens is 3. The van der Waals surface area contributed by atoms with Crippen LogP contribution in [0.4, 0.5) is 13.2 Å². The highest BCUT2D eigenvalue weighted by Gasteiger charge is 2.61. The van der Waals surface area contributed by atoms with E-state index in [1.165, 1.54) is 11.3 Å². The first-order chi connectivity index (χ1) is 9.35. The van der Waals surface area contributed by atoms with E-state index >= 15 is 0 Å². The van der Waals surface area contributed by atoms with E-state index in [0.29, 0.717) is 6.42 Å². The van der Waals surface area contributed by atoms with Crippen LogP contribution in [0.3, 0.4) is 0 Å². The molecule has 8 heteroatoms. The topological polar surface area (TPSA) is 54.0 Å². The summed E-state index contributed by atoms with van der Waals surface area (Å²) in [6, 6.07) is 0. The highest BCUT2D eigenvalue weighted by atomic mass is 32.1. The Bertz CT molecular complexity index is 481. The van der Waals surface area contributed by atoms with Gasteiger partial charge in [-0.25, -0.2) is 4.98 Å². The van der Waals surface area contributed by atoms with E-state index in [9.17, 15) is 18.0 Å². The molecule has 2 rings (SSSR count). The summed E-state index contributed by atoms with van der Waals surface area (Å²) >= 11 is 1.48. The molecule has 20 heavy (non-hydrogen) atoms. The van der Waals surface area contributed by atoms with Gasteiger partial charge in [0.1, 0.15) is 0 Å². The van der Waals surface area contributed by atoms with Crippen molar-refractivity contribution in [3.63, 3.8) is 0 Å². The van der Waals surface area contributed by atoms with Gasteiger partial charge in [-0.2, -0.15) is 13.2 Å². The second-order valence-electron chi connectivity index (χ2n) is 4.87. The van der Waals surface area contributed by atoms with E-state index in [4.69, 9.17) is 0 Å². The number of hydrogen-bond donors (Lipinski definition) is 2. The Morgan fingerprint density at radius 3 is 2.85 bits per heavy atom. The van der Waals surface area contributed by atoms with E-state index in [1.54, 1.807) is 0 Å². The number of thiazole rings is 1. The molecule has 1 aromatic heterocycles. The molecule has 1 aromatic rings. The second kappa shape index (κ2) is 5.69. The van der Waals surface area contributed by atoms with Gasteiger partial charge in [0.2, 0.25) is 5.91 Å². The normalized spacial score (nSPS) is 23.0. The number of nitrogens with one attached hydrogen (secondary N) is 2. The molecule has 4 nitrogen and oxygen atoms in total. The monoisotopic (exact) mass is 307 g/mol. The Kier molecular flexibility index (Phi) is 4.33. The van der Waals surface area contributed by atoms with Crippen LogP contribution in [0.1, 0.15) is 17.1 Å². The molecule has 0 radical (unpaired) electrons. The summed E-state index contributed by atoms with van der Waals surface area (Å²) in [5.41, 5.74) is -1.50. The minimum atomic E-state index is -4.53. The molecule has 1 atom stereocenters. The quantitative estimate of drug-likeness (QED) is 0.889. The lowest BCUT2D eigenvalue weighted by Crippen LogP contribution is -2.52. The van der Waals surface area contributed by atoms with E-state index in [1.807, 2.05) is 12.3 Å². The summed E-state index contributed by atoms with van der Waals surface area (Å²) in [6.45, 7) is 1.88. The minimum Gasteiger partial charge on any atom is -0.355 e. The third-order valence-corrected chi connectivity index (χ3v) is 4.29. The predicted octanol–water partition coefficient (Wildman–Crippen LogP) is 1.65. The van der Waals surface area contributed by atoms with Crippen LogP contribution in [0, 0.1) is 12.3 Å². The number of nitrogens with zero attached hydrogens (tertiary/aromatic N) is 1. The lowest BCUT2D eigenvalue weighted by molar-refractivity contribution is -0.215. The van der Waals surface area contributed by atoms with Crippen molar-refractivity contribution in [3.05, 3.63) is 16.1 Å². The summed E-state index contributed by atoms with van der Waals surface area (Å²) in [5.74, 6) is -0.943. The molecule has 2 heterocycles. The maximum Gasteiger partial charge on any atom is 0.404 e. The van der Waals surface area contributed by atoms with Gasteiger partial charge in [-0.3, -0.25) is 4.79 Å². The molecule has 0 bridgehead atoms. The van der Waals surface area contributed by atoms with Gasteiger partial charge < -0.3 is 10.6 Å². The highest BCUT2D eigenvalue weighted by molar-refractivity contribution is 7.09. The lowest BCUT2D eigenvalue weighted by atomic mass is 9.85. The fourth-order valence-corrected chi connectivity index (χ4v) is 2.90. The molecular formula is C12H16F3N3OS. The van der Waals surface area contributed by atoms with Crippen molar-refractivity contribution in [2.24, 2.45) is 5.41 Å². The van der Waals surface area contributed by atoms with Crippen molar-refractivity contribution >= 4 is 17.2 Å². The number of carbonyl (C=O) groups excluding carboxylic acids is 1. The number of rotatable bonds is 4. The van der Waals surface area contributed by atoms with E-state index in [2.05, 4.69) is 15.6 Å². The fraction of sp³-hybridized carbons (Fsp3) is 0.667. The molecule has 1 fully saturated rings. The van der Waals surface area contributed by atoms with Crippen molar-refractivity contribution in [1.82, 2.24) is 15.6 Å². The molecule has 1 aliphatic rings. The van der Waals surface area contributed by atoms with Crippen LogP contribution >= 0.6 is 11.3 Å². The maximum atomic E-state index is 13.1. The van der Waals surface area contributed by atoms with Crippen LogP contribution in [0.25, 0.3) is 0 Å². The first-order valence-electron chi connectivity index (χ1n) is 6.32. The molecule has 1 amide bonds. The van der Waals surface area contributed by atoms with Crippen molar-refractivity contribution < 1.29 is 18.0 Å². The third-order valence-electron chi connectivity index (χ3n) is 3.47. The number of hydrogen-bond acceptors (Lipinski definition) is 4. The molecule has 2 N–H and O–H groups in total. The Balaban J connectivity index is 1.93. The molecule has 1 unspecified atom stereocenters. The minimum absolute atomic E-state index is 0.167. The Hall–Kier alpha value is -1.15. The average Bonchev–Trinajstić information content (AvgIpc) is 2.97. The van der Waals surface area contributed by atoms with Gasteiger partial charge in [-0.05, 0) is 19.9 Å². The zero-order valence-electron chi connectivity index (χ0n) is 11.0. The number of amides is 1. The smallest absolute Gasteiger partial charge is 0.355 e. The average molecular weight is 307 g/mol. The van der Waals surface area contributed by atoms with Gasteiger partial charge >= 0.3 is 6.18 Å². The Labute approximate surface area is 118 Å². The van der Waals surface area contributed by atoms with Crippen LogP contribution in [-0.2, 0) is 11.2 Å². The largest absolute Gasteiger partial charge is 0.404 e. The summed E-state index contributed by atoms with van der Waals surface area (Å²) in [7, 11) is 0. The van der Waals surface area contributed by atoms with Gasteiger partial charge in [0.05, 0.1) is 10.7 Å². The SMILES string of the molecule is Cc1nc(CCNC(=O)C2(C(F)(F)F)CCNC2)cs1. The van der Waals surface area contributed by atoms with Gasteiger partial charge in [-0.1, -0.05) is 0 Å². The van der Waals surface area contributed by atoms with Crippen LogP contribution in [-0.4, -0.2) is 36.7 Å². The standard InChI is InChI=1S/C12H16F3N3OS/c1-8-18-9(6-20-8)2-4-17-10(19)11(12(13,14)15)3-5-16-7-11/h6,16H,2-5,7H2,1H3,(H,17,19). The number of aryl methyl sites for hydroxylation is 1. The zero-order valence-corrected chi connectivity index (χ0v) is 11.8. The molecule has 0 aliphatic carbocycles. The molecule has 112 valence electrons. The number of carbonyl (C=O) groups is 1. The highest BCUT2D eigenvalue weighted by Crippen LogP contribution is 2.43. The van der Waals surface area contributed by atoms with Gasteiger partial charge in [0.25, 0.3) is 0 Å². The van der Waals surface area contributed by atoms with Crippen LogP contribution in [0.2, 0.25) is 0 Å². The van der Waals surface area contributed by atoms with E-state index in [-0.39, 0.29) is 26.1 Å². The molecule has 1 saturated heterocycles. The van der Waals surface area contributed by atoms with Crippen molar-refractivity contribution in [2.75, 3.05) is 19.6 Å². The van der Waals surface area contributed by atoms with Crippen molar-refractivity contribution in [1.29, 1.82) is 0 Å². The lowest BCUT2D eigenvalue weighted by Gasteiger charge is -2.29. The van der Waals surface area contributed by atoms with E-state index in [0.717, 1.165) is 10.7 Å². The number of alkyl halides is 3. The van der Waals surface area contributed by atoms with Crippen LogP contribution in [0.5, 0.6) is 0 Å². The molecule has 0 spiro atoms. The van der Waals surface area contributed by atoms with Crippen LogP contribution in [0.15, 0.2) is 5.38 Å². The zero-order chi connectivity index (χ0) is 14.8. The molecular weight excluding hydrogens is 291 g/mol. The van der Waals surface area contributed by atoms with Crippen LogP contribution < -0.4 is 10.6 Å². The molecule has 0 aromatic carbocycles. The fourth-order valence-electron chi connectivity index (χ4n) is 2.25. The van der Waals surface area contributed by atoms with Gasteiger partial charge in [0, 0.05) is 24.9 Å². The first-order valence-corrected chi connectivity index (χ1v) is 7.20. The van der Waals surface area contributed by atoms with Gasteiger partial charge in [-0.15, -0.1) is 11.3 Å². The molecule has 0 saturated carbocycles. The maximum absolute atomic E-state index is 13.1. The summed E-state index contributed by atoms with van der Waals surface area (Å²) in [4.78, 5) is 16.1. The Morgan fingerprint density at radius 2 is 2.35 bits per heavy atom. The summed E-state index contributed by atoms with van der Waals surface area (Å²) in [6.07, 6.45) is -4.30. The van der Waals surface area contributed by atoms with Crippen molar-refractivity contribution in [3.8, 4) is 0 Å². The summed E-state index contributed by atoms with van der Waals surface area (Å²) < 4.78 is 39.3. The predicted molar refractivity (Wildman–Crippen MR) is 69.5 cm³/mol. The first kappa shape index (κ1) is 15.2. The summed E-state index contributed by atoms with van der Waals surface area (Å²) in [5, 5.41) is 7.76. The van der Waals surface area contributed by atoms with Gasteiger partial charge in [0.15, 0.2) is 5.41 Å². The second-order valence-corrected chi connectivity index (χ2v) is 5.93. The number of aromatic nitrogens is 1. The van der Waals surface area contributed by atoms with E-state index < -0.39 is 17.5 Å². The van der Waals surface area contributed by atoms with Crippen molar-refractivity contribution in [2.45, 2.75) is 25.9 Å². The third kappa shape index (κ3) is 2.95. The Morgan fingerprint density at radius 1 is 1.60 bits per heavy atom.